The quantitative estimate of drug-likeness (QED) is 0.224. The van der Waals surface area contributed by atoms with Gasteiger partial charge in [-0.2, -0.15) is 0 Å². The first kappa shape index (κ1) is 35.6. The Kier molecular flexibility index (Phi) is 11.1. The average Bonchev–Trinajstić information content (AvgIpc) is 2.88. The first-order chi connectivity index (χ1) is 20.2. The number of aromatic nitrogens is 1. The van der Waals surface area contributed by atoms with Crippen LogP contribution in [0.1, 0.15) is 82.7 Å². The highest BCUT2D eigenvalue weighted by molar-refractivity contribution is 6.74. The molecule has 2 amide bonds. The van der Waals surface area contributed by atoms with Gasteiger partial charge in [0, 0.05) is 32.2 Å². The SMILES string of the molecule is COC(=N)C(CN1CC(O[Si](C)(C)C(C)(C)C)C1)=NC(C)[C@@H](C)NC(=O)c1cc(C)c2c(n1)CN(C(=O)OC(C)(C)C)CC2. The maximum absolute atomic E-state index is 13.3. The van der Waals surface area contributed by atoms with Crippen molar-refractivity contribution >= 4 is 31.9 Å². The van der Waals surface area contributed by atoms with Crippen LogP contribution < -0.4 is 5.32 Å². The number of rotatable bonds is 9. The zero-order valence-corrected chi connectivity index (χ0v) is 29.9. The molecule has 2 N–H and O–H groups in total. The molecule has 3 heterocycles. The number of carbonyl (C=O) groups excluding carboxylic acids is 2. The highest BCUT2D eigenvalue weighted by Gasteiger charge is 2.42. The van der Waals surface area contributed by atoms with Crippen molar-refractivity contribution < 1.29 is 23.5 Å². The van der Waals surface area contributed by atoms with Crippen molar-refractivity contribution in [2.24, 2.45) is 4.99 Å². The lowest BCUT2D eigenvalue weighted by atomic mass is 9.99. The number of hydrogen-bond acceptors (Lipinski definition) is 9. The number of hydrogen-bond donors (Lipinski definition) is 2. The second-order valence-corrected chi connectivity index (χ2v) is 19.5. The van der Waals surface area contributed by atoms with E-state index >= 15 is 0 Å². The van der Waals surface area contributed by atoms with Gasteiger partial charge in [0.05, 0.1) is 31.5 Å². The zero-order valence-electron chi connectivity index (χ0n) is 28.9. The molecule has 0 aromatic carbocycles. The molecule has 1 aromatic rings. The predicted octanol–water partition coefficient (Wildman–Crippen LogP) is 4.96. The summed E-state index contributed by atoms with van der Waals surface area (Å²) in [7, 11) is -0.369. The molecule has 246 valence electrons. The van der Waals surface area contributed by atoms with E-state index in [0.29, 0.717) is 43.2 Å². The maximum Gasteiger partial charge on any atom is 0.410 e. The molecular weight excluding hydrogens is 576 g/mol. The van der Waals surface area contributed by atoms with Crippen LogP contribution in [0.5, 0.6) is 0 Å². The van der Waals surface area contributed by atoms with Crippen LogP contribution in [-0.2, 0) is 26.9 Å². The molecule has 1 saturated heterocycles. The Labute approximate surface area is 264 Å². The Morgan fingerprint density at radius 2 is 1.82 bits per heavy atom. The molecule has 0 spiro atoms. The number of fused-ring (bicyclic) bond motifs is 1. The van der Waals surface area contributed by atoms with Gasteiger partial charge in [-0.1, -0.05) is 20.8 Å². The summed E-state index contributed by atoms with van der Waals surface area (Å²) < 4.78 is 17.3. The molecule has 2 aliphatic heterocycles. The lowest BCUT2D eigenvalue weighted by Gasteiger charge is -2.46. The van der Waals surface area contributed by atoms with E-state index in [9.17, 15) is 9.59 Å². The minimum Gasteiger partial charge on any atom is -0.480 e. The number of ether oxygens (including phenoxy) is 2. The molecule has 2 atom stereocenters. The van der Waals surface area contributed by atoms with Gasteiger partial charge in [0.2, 0.25) is 5.90 Å². The monoisotopic (exact) mass is 630 g/mol. The summed E-state index contributed by atoms with van der Waals surface area (Å²) in [5.74, 6) is -0.290. The Hall–Kier alpha value is -2.83. The topological polar surface area (TPSA) is 129 Å². The average molecular weight is 631 g/mol. The maximum atomic E-state index is 13.3. The number of nitrogens with one attached hydrogen (secondary N) is 2. The van der Waals surface area contributed by atoms with Crippen LogP contribution in [0.15, 0.2) is 11.1 Å². The lowest BCUT2D eigenvalue weighted by molar-refractivity contribution is 0.0211. The number of pyridine rings is 1. The molecule has 1 unspecified atom stereocenters. The molecule has 11 nitrogen and oxygen atoms in total. The van der Waals surface area contributed by atoms with Gasteiger partial charge < -0.3 is 24.1 Å². The number of carbonyl (C=O) groups is 2. The van der Waals surface area contributed by atoms with Crippen LogP contribution >= 0.6 is 0 Å². The fourth-order valence-corrected chi connectivity index (χ4v) is 6.26. The Bertz CT molecular complexity index is 1260. The number of nitrogens with zero attached hydrogens (tertiary/aromatic N) is 4. The first-order valence-corrected chi connectivity index (χ1v) is 18.5. The zero-order chi connectivity index (χ0) is 33.2. The predicted molar refractivity (Wildman–Crippen MR) is 176 cm³/mol. The van der Waals surface area contributed by atoms with Crippen molar-refractivity contribution in [2.45, 2.75) is 117 Å². The molecule has 0 bridgehead atoms. The van der Waals surface area contributed by atoms with Crippen LogP contribution in [0, 0.1) is 12.3 Å². The Morgan fingerprint density at radius 3 is 2.39 bits per heavy atom. The van der Waals surface area contributed by atoms with E-state index in [1.807, 2.05) is 41.5 Å². The fraction of sp³-hybridized carbons (Fsp3) is 0.719. The van der Waals surface area contributed by atoms with Gasteiger partial charge in [-0.05, 0) is 83.3 Å². The van der Waals surface area contributed by atoms with Crippen LogP contribution in [0.4, 0.5) is 4.79 Å². The van der Waals surface area contributed by atoms with E-state index < -0.39 is 13.9 Å². The molecular formula is C32H54N6O5Si. The summed E-state index contributed by atoms with van der Waals surface area (Å²) in [6, 6.07) is 1.16. The van der Waals surface area contributed by atoms with E-state index in [2.05, 4.69) is 49.1 Å². The molecule has 0 radical (unpaired) electrons. The molecule has 3 rings (SSSR count). The third kappa shape index (κ3) is 9.10. The van der Waals surface area contributed by atoms with Gasteiger partial charge in [-0.25, -0.2) is 9.78 Å². The largest absolute Gasteiger partial charge is 0.480 e. The van der Waals surface area contributed by atoms with Gasteiger partial charge in [0.15, 0.2) is 8.32 Å². The second-order valence-electron chi connectivity index (χ2n) is 14.7. The smallest absolute Gasteiger partial charge is 0.410 e. The summed E-state index contributed by atoms with van der Waals surface area (Å²) in [6.45, 7) is 25.4. The molecule has 1 aromatic heterocycles. The van der Waals surface area contributed by atoms with E-state index in [0.717, 1.165) is 24.2 Å². The van der Waals surface area contributed by atoms with Crippen LogP contribution in [-0.4, -0.2) is 104 Å². The molecule has 1 fully saturated rings. The van der Waals surface area contributed by atoms with Crippen LogP contribution in [0.3, 0.4) is 0 Å². The van der Waals surface area contributed by atoms with E-state index in [1.54, 1.807) is 11.0 Å². The van der Waals surface area contributed by atoms with Gasteiger partial charge in [-0.3, -0.25) is 20.1 Å². The minimum atomic E-state index is -1.84. The highest BCUT2D eigenvalue weighted by Crippen LogP contribution is 2.38. The third-order valence-electron chi connectivity index (χ3n) is 8.76. The summed E-state index contributed by atoms with van der Waals surface area (Å²) in [5, 5.41) is 11.5. The van der Waals surface area contributed by atoms with Crippen molar-refractivity contribution in [1.29, 1.82) is 5.41 Å². The van der Waals surface area contributed by atoms with Crippen molar-refractivity contribution in [3.05, 3.63) is 28.6 Å². The molecule has 0 saturated carbocycles. The number of methoxy groups -OCH3 is 1. The van der Waals surface area contributed by atoms with E-state index in [-0.39, 0.29) is 41.1 Å². The second kappa shape index (κ2) is 13.7. The number of amides is 2. The van der Waals surface area contributed by atoms with Gasteiger partial charge >= 0.3 is 6.09 Å². The Morgan fingerprint density at radius 1 is 1.18 bits per heavy atom. The molecule has 44 heavy (non-hydrogen) atoms. The van der Waals surface area contributed by atoms with Crippen molar-refractivity contribution in [1.82, 2.24) is 20.1 Å². The van der Waals surface area contributed by atoms with Gasteiger partial charge in [0.25, 0.3) is 5.91 Å². The molecule has 0 aliphatic carbocycles. The summed E-state index contributed by atoms with van der Waals surface area (Å²) in [5.41, 5.74) is 3.01. The van der Waals surface area contributed by atoms with Crippen molar-refractivity contribution in [2.75, 3.05) is 33.3 Å². The molecule has 12 heteroatoms. The van der Waals surface area contributed by atoms with E-state index in [1.165, 1.54) is 7.11 Å². The summed E-state index contributed by atoms with van der Waals surface area (Å²) in [6.07, 6.45) is 0.464. The number of aryl methyl sites for hydroxylation is 1. The van der Waals surface area contributed by atoms with Crippen molar-refractivity contribution in [3.63, 3.8) is 0 Å². The van der Waals surface area contributed by atoms with Gasteiger partial charge in [-0.15, -0.1) is 0 Å². The molecule has 2 aliphatic rings. The highest BCUT2D eigenvalue weighted by atomic mass is 28.4. The normalized spacial score (nSPS) is 18.2. The fourth-order valence-electron chi connectivity index (χ4n) is 4.92. The van der Waals surface area contributed by atoms with Crippen molar-refractivity contribution in [3.8, 4) is 0 Å². The first-order valence-electron chi connectivity index (χ1n) is 15.6. The van der Waals surface area contributed by atoms with Crippen LogP contribution in [0.25, 0.3) is 0 Å². The standard InChI is InChI=1S/C32H54N6O5Si/c1-20-15-25(36-26-19-38(14-13-24(20)26)30(40)42-31(4,5)6)29(39)35-22(3)21(2)34-27(28(33)41-10)18-37-16-23(17-37)43-44(11,12)32(7,8)9/h15,21-23,33H,13-14,16-19H2,1-12H3,(H,35,39)/t21?,22-/m1/s1. The minimum absolute atomic E-state index is 0.0191. The lowest BCUT2D eigenvalue weighted by Crippen LogP contribution is -2.59. The van der Waals surface area contributed by atoms with Crippen LogP contribution in [0.2, 0.25) is 18.1 Å². The third-order valence-corrected chi connectivity index (χ3v) is 13.3. The number of aliphatic imine (C=N–C) groups is 1. The summed E-state index contributed by atoms with van der Waals surface area (Å²) in [4.78, 5) is 39.3. The van der Waals surface area contributed by atoms with Gasteiger partial charge in [0.1, 0.15) is 17.0 Å². The number of likely N-dealkylation sites (tertiary alicyclic amines) is 1. The van der Waals surface area contributed by atoms with E-state index in [4.69, 9.17) is 24.3 Å². The Balaban J connectivity index is 1.64. The summed E-state index contributed by atoms with van der Waals surface area (Å²) >= 11 is 0.